The second-order valence-electron chi connectivity index (χ2n) is 7.15. The van der Waals surface area contributed by atoms with E-state index >= 15 is 0 Å². The summed E-state index contributed by atoms with van der Waals surface area (Å²) in [7, 11) is 0. The zero-order chi connectivity index (χ0) is 21.5. The SMILES string of the molecule is Cc1nnc2n1-c1ccccc1C(c1ccc(Cl)cc1)=NN2Cc1ccc(F)cc1F. The van der Waals surface area contributed by atoms with Crippen LogP contribution in [0.25, 0.3) is 5.69 Å². The zero-order valence-electron chi connectivity index (χ0n) is 16.4. The first-order chi connectivity index (χ1) is 15.0. The summed E-state index contributed by atoms with van der Waals surface area (Å²) in [5, 5.41) is 15.6. The Balaban J connectivity index is 1.72. The van der Waals surface area contributed by atoms with Gasteiger partial charge < -0.3 is 0 Å². The number of anilines is 1. The highest BCUT2D eigenvalue weighted by Crippen LogP contribution is 2.31. The Hall–Kier alpha value is -3.58. The van der Waals surface area contributed by atoms with Crippen molar-refractivity contribution >= 4 is 23.3 Å². The number of aromatic nitrogens is 3. The third kappa shape index (κ3) is 3.47. The molecule has 0 saturated heterocycles. The molecule has 0 radical (unpaired) electrons. The van der Waals surface area contributed by atoms with Crippen LogP contribution in [0.1, 0.15) is 22.5 Å². The number of hydrogen-bond donors (Lipinski definition) is 0. The van der Waals surface area contributed by atoms with Crippen LogP contribution in [0.2, 0.25) is 5.02 Å². The van der Waals surface area contributed by atoms with Gasteiger partial charge in [-0.15, -0.1) is 10.2 Å². The van der Waals surface area contributed by atoms with Gasteiger partial charge in [-0.3, -0.25) is 4.57 Å². The largest absolute Gasteiger partial charge is 0.263 e. The van der Waals surface area contributed by atoms with Crippen LogP contribution in [0.4, 0.5) is 14.7 Å². The molecule has 0 saturated carbocycles. The molecule has 0 bridgehead atoms. The first-order valence-electron chi connectivity index (χ1n) is 9.59. The number of benzene rings is 3. The van der Waals surface area contributed by atoms with Crippen molar-refractivity contribution in [1.29, 1.82) is 0 Å². The molecular weight excluding hydrogens is 420 g/mol. The molecule has 5 nitrogen and oxygen atoms in total. The van der Waals surface area contributed by atoms with Gasteiger partial charge in [-0.25, -0.2) is 13.8 Å². The van der Waals surface area contributed by atoms with Crippen molar-refractivity contribution in [2.24, 2.45) is 5.10 Å². The molecule has 2 heterocycles. The van der Waals surface area contributed by atoms with E-state index in [1.54, 1.807) is 17.1 Å². The molecule has 8 heteroatoms. The van der Waals surface area contributed by atoms with Gasteiger partial charge in [0, 0.05) is 27.8 Å². The highest BCUT2D eigenvalue weighted by Gasteiger charge is 2.27. The molecule has 1 aromatic heterocycles. The predicted octanol–water partition coefficient (Wildman–Crippen LogP) is 5.28. The molecule has 3 aromatic carbocycles. The van der Waals surface area contributed by atoms with E-state index in [-0.39, 0.29) is 6.54 Å². The average molecular weight is 436 g/mol. The van der Waals surface area contributed by atoms with Crippen molar-refractivity contribution in [3.05, 3.63) is 106 Å². The summed E-state index contributed by atoms with van der Waals surface area (Å²) in [4.78, 5) is 0. The maximum Gasteiger partial charge on any atom is 0.252 e. The van der Waals surface area contributed by atoms with Crippen LogP contribution in [-0.2, 0) is 6.54 Å². The van der Waals surface area contributed by atoms with Crippen LogP contribution in [-0.4, -0.2) is 20.5 Å². The van der Waals surface area contributed by atoms with E-state index in [9.17, 15) is 8.78 Å². The summed E-state index contributed by atoms with van der Waals surface area (Å²) in [5.74, 6) is -0.168. The summed E-state index contributed by atoms with van der Waals surface area (Å²) in [6.45, 7) is 1.90. The van der Waals surface area contributed by atoms with Crippen LogP contribution >= 0.6 is 11.6 Å². The molecule has 4 aromatic rings. The molecule has 0 spiro atoms. The highest BCUT2D eigenvalue weighted by molar-refractivity contribution is 6.30. The van der Waals surface area contributed by atoms with Crippen molar-refractivity contribution in [2.45, 2.75) is 13.5 Å². The third-order valence-corrected chi connectivity index (χ3v) is 5.36. The number of hydrogen-bond acceptors (Lipinski definition) is 4. The minimum Gasteiger partial charge on any atom is -0.263 e. The van der Waals surface area contributed by atoms with Gasteiger partial charge >= 0.3 is 0 Å². The fourth-order valence-electron chi connectivity index (χ4n) is 3.63. The van der Waals surface area contributed by atoms with Gasteiger partial charge in [-0.05, 0) is 31.2 Å². The fraction of sp³-hybridized carbons (Fsp3) is 0.0870. The van der Waals surface area contributed by atoms with E-state index in [0.29, 0.717) is 28.1 Å². The Morgan fingerprint density at radius 1 is 0.935 bits per heavy atom. The minimum absolute atomic E-state index is 0.0509. The number of fused-ring (bicyclic) bond motifs is 3. The molecule has 154 valence electrons. The lowest BCUT2D eigenvalue weighted by atomic mass is 10.0. The molecule has 1 aliphatic rings. The van der Waals surface area contributed by atoms with Gasteiger partial charge in [-0.1, -0.05) is 48.0 Å². The Morgan fingerprint density at radius 2 is 1.71 bits per heavy atom. The maximum absolute atomic E-state index is 14.4. The number of aryl methyl sites for hydroxylation is 1. The summed E-state index contributed by atoms with van der Waals surface area (Å²) in [5.41, 5.74) is 3.54. The maximum atomic E-state index is 14.4. The first-order valence-corrected chi connectivity index (χ1v) is 9.97. The third-order valence-electron chi connectivity index (χ3n) is 5.11. The molecule has 31 heavy (non-hydrogen) atoms. The predicted molar refractivity (Wildman–Crippen MR) is 116 cm³/mol. The van der Waals surface area contributed by atoms with E-state index in [0.717, 1.165) is 22.9 Å². The van der Waals surface area contributed by atoms with Crippen molar-refractivity contribution < 1.29 is 8.78 Å². The fourth-order valence-corrected chi connectivity index (χ4v) is 3.75. The summed E-state index contributed by atoms with van der Waals surface area (Å²) < 4.78 is 29.7. The summed E-state index contributed by atoms with van der Waals surface area (Å²) in [6.07, 6.45) is 0. The Bertz CT molecular complexity index is 1310. The van der Waals surface area contributed by atoms with Crippen LogP contribution < -0.4 is 5.01 Å². The van der Waals surface area contributed by atoms with Gasteiger partial charge in [0.05, 0.1) is 12.2 Å². The minimum atomic E-state index is -0.646. The molecule has 0 aliphatic carbocycles. The molecule has 5 rings (SSSR count). The van der Waals surface area contributed by atoms with E-state index in [1.165, 1.54) is 12.1 Å². The van der Waals surface area contributed by atoms with Crippen LogP contribution in [0.5, 0.6) is 0 Å². The second-order valence-corrected chi connectivity index (χ2v) is 7.59. The Labute approximate surface area is 182 Å². The van der Waals surface area contributed by atoms with E-state index < -0.39 is 11.6 Å². The standard InChI is InChI=1S/C23H16ClF2N5/c1-14-27-28-23-30(13-16-8-11-18(25)12-20(16)26)29-22(15-6-9-17(24)10-7-15)19-4-2-3-5-21(19)31(14)23/h2-12H,13H2,1H3. The number of rotatable bonds is 3. The molecular formula is C23H16ClF2N5. The second kappa shape index (κ2) is 7.59. The van der Waals surface area contributed by atoms with Crippen molar-refractivity contribution in [3.63, 3.8) is 0 Å². The molecule has 0 atom stereocenters. The number of hydrazone groups is 1. The van der Waals surface area contributed by atoms with Gasteiger partial charge in [-0.2, -0.15) is 5.10 Å². The first kappa shape index (κ1) is 19.4. The zero-order valence-corrected chi connectivity index (χ0v) is 17.2. The smallest absolute Gasteiger partial charge is 0.252 e. The average Bonchev–Trinajstić information content (AvgIpc) is 3.08. The van der Waals surface area contributed by atoms with Crippen molar-refractivity contribution in [2.75, 3.05) is 5.01 Å². The van der Waals surface area contributed by atoms with E-state index in [2.05, 4.69) is 10.2 Å². The number of para-hydroxylation sites is 1. The van der Waals surface area contributed by atoms with E-state index in [4.69, 9.17) is 16.7 Å². The molecule has 0 N–H and O–H groups in total. The lowest BCUT2D eigenvalue weighted by molar-refractivity contribution is 0.569. The Morgan fingerprint density at radius 3 is 2.48 bits per heavy atom. The van der Waals surface area contributed by atoms with Gasteiger partial charge in [0.15, 0.2) is 0 Å². The van der Waals surface area contributed by atoms with Gasteiger partial charge in [0.2, 0.25) is 0 Å². The normalized spacial score (nSPS) is 12.8. The molecule has 0 unspecified atom stereocenters. The molecule has 0 fully saturated rings. The van der Waals surface area contributed by atoms with E-state index in [1.807, 2.05) is 47.9 Å². The summed E-state index contributed by atoms with van der Waals surface area (Å²) in [6, 6.07) is 18.6. The van der Waals surface area contributed by atoms with Crippen LogP contribution in [0.3, 0.4) is 0 Å². The van der Waals surface area contributed by atoms with Crippen LogP contribution in [0.15, 0.2) is 71.8 Å². The Kier molecular flexibility index (Phi) is 4.75. The topological polar surface area (TPSA) is 46.3 Å². The summed E-state index contributed by atoms with van der Waals surface area (Å²) >= 11 is 6.08. The molecule has 0 amide bonds. The number of nitrogens with zero attached hydrogens (tertiary/aromatic N) is 5. The van der Waals surface area contributed by atoms with Crippen molar-refractivity contribution in [1.82, 2.24) is 14.8 Å². The lowest BCUT2D eigenvalue weighted by Crippen LogP contribution is -2.21. The molecule has 1 aliphatic heterocycles. The van der Waals surface area contributed by atoms with Crippen LogP contribution in [0, 0.1) is 18.6 Å². The quantitative estimate of drug-likeness (QED) is 0.440. The van der Waals surface area contributed by atoms with Gasteiger partial charge in [0.25, 0.3) is 5.95 Å². The highest BCUT2D eigenvalue weighted by atomic mass is 35.5. The lowest BCUT2D eigenvalue weighted by Gasteiger charge is -2.18. The number of halogens is 3. The van der Waals surface area contributed by atoms with Crippen molar-refractivity contribution in [3.8, 4) is 5.69 Å². The van der Waals surface area contributed by atoms with Gasteiger partial charge in [0.1, 0.15) is 23.2 Å². The monoisotopic (exact) mass is 435 g/mol.